The third kappa shape index (κ3) is 3.56. The van der Waals surface area contributed by atoms with Gasteiger partial charge in [0.15, 0.2) is 0 Å². The van der Waals surface area contributed by atoms with E-state index in [4.69, 9.17) is 16.3 Å². The van der Waals surface area contributed by atoms with E-state index in [-0.39, 0.29) is 17.6 Å². The van der Waals surface area contributed by atoms with Crippen molar-refractivity contribution in [2.45, 2.75) is 12.5 Å². The van der Waals surface area contributed by atoms with E-state index in [2.05, 4.69) is 0 Å². The van der Waals surface area contributed by atoms with Crippen LogP contribution in [0.3, 0.4) is 0 Å². The molecule has 6 heteroatoms. The molecule has 0 spiro atoms. The van der Waals surface area contributed by atoms with E-state index >= 15 is 0 Å². The van der Waals surface area contributed by atoms with Gasteiger partial charge in [-0.05, 0) is 24.3 Å². The van der Waals surface area contributed by atoms with Crippen LogP contribution in [0.25, 0.3) is 0 Å². The molecule has 0 radical (unpaired) electrons. The highest BCUT2D eigenvalue weighted by molar-refractivity contribution is 6.30. The predicted molar refractivity (Wildman–Crippen MR) is 88.1 cm³/mol. The monoisotopic (exact) mass is 332 g/mol. The average Bonchev–Trinajstić information content (AvgIpc) is 2.98. The second kappa shape index (κ2) is 6.46. The summed E-state index contributed by atoms with van der Waals surface area (Å²) in [7, 11) is 1.63. The van der Waals surface area contributed by atoms with Crippen LogP contribution in [0.1, 0.15) is 16.8 Å². The fourth-order valence-corrected chi connectivity index (χ4v) is 2.82. The number of halogens is 1. The van der Waals surface area contributed by atoms with Gasteiger partial charge < -0.3 is 14.2 Å². The number of pyridine rings is 1. The summed E-state index contributed by atoms with van der Waals surface area (Å²) in [5.41, 5.74) is 0.376. The molecule has 120 valence electrons. The highest BCUT2D eigenvalue weighted by Crippen LogP contribution is 2.22. The van der Waals surface area contributed by atoms with Gasteiger partial charge in [0.1, 0.15) is 11.9 Å². The fraction of sp³-hybridized carbons (Fsp3) is 0.294. The number of carbonyl (C=O) groups excluding carboxylic acids is 1. The average molecular weight is 333 g/mol. The van der Waals surface area contributed by atoms with Crippen molar-refractivity contribution in [3.05, 3.63) is 63.5 Å². The van der Waals surface area contributed by atoms with Crippen molar-refractivity contribution >= 4 is 17.5 Å². The van der Waals surface area contributed by atoms with Crippen molar-refractivity contribution in [1.82, 2.24) is 9.47 Å². The Labute approximate surface area is 139 Å². The molecular formula is C17H17ClN2O3. The number of rotatable bonds is 3. The number of aromatic nitrogens is 1. The van der Waals surface area contributed by atoms with E-state index in [0.717, 1.165) is 6.42 Å². The molecule has 0 saturated carbocycles. The van der Waals surface area contributed by atoms with Crippen molar-refractivity contribution in [2.75, 3.05) is 13.1 Å². The first-order valence-electron chi connectivity index (χ1n) is 7.41. The molecule has 3 rings (SSSR count). The van der Waals surface area contributed by atoms with Crippen molar-refractivity contribution in [3.8, 4) is 5.75 Å². The van der Waals surface area contributed by atoms with Crippen LogP contribution in [-0.4, -0.2) is 34.6 Å². The minimum Gasteiger partial charge on any atom is -0.488 e. The number of aryl methyl sites for hydroxylation is 1. The van der Waals surface area contributed by atoms with E-state index in [1.807, 2.05) is 12.1 Å². The molecule has 1 aromatic heterocycles. The van der Waals surface area contributed by atoms with Crippen LogP contribution in [0.15, 0.2) is 47.4 Å². The van der Waals surface area contributed by atoms with Gasteiger partial charge in [-0.2, -0.15) is 0 Å². The molecule has 2 aromatic rings. The van der Waals surface area contributed by atoms with E-state index in [0.29, 0.717) is 29.4 Å². The zero-order chi connectivity index (χ0) is 16.4. The third-order valence-corrected chi connectivity index (χ3v) is 4.10. The normalized spacial score (nSPS) is 17.3. The largest absolute Gasteiger partial charge is 0.488 e. The second-order valence-electron chi connectivity index (χ2n) is 5.60. The minimum absolute atomic E-state index is 0.0510. The Bertz CT molecular complexity index is 787. The summed E-state index contributed by atoms with van der Waals surface area (Å²) in [6.07, 6.45) is 2.28. The molecule has 0 aliphatic carbocycles. The summed E-state index contributed by atoms with van der Waals surface area (Å²) in [6.45, 7) is 1.15. The number of hydrogen-bond acceptors (Lipinski definition) is 3. The molecule has 1 fully saturated rings. The van der Waals surface area contributed by atoms with E-state index in [1.54, 1.807) is 36.3 Å². The molecule has 0 bridgehead atoms. The fourth-order valence-electron chi connectivity index (χ4n) is 2.64. The van der Waals surface area contributed by atoms with Gasteiger partial charge >= 0.3 is 0 Å². The molecule has 5 nitrogen and oxygen atoms in total. The molecule has 1 amide bonds. The molecule has 0 unspecified atom stereocenters. The van der Waals surface area contributed by atoms with Gasteiger partial charge in [-0.15, -0.1) is 0 Å². The Balaban J connectivity index is 1.66. The van der Waals surface area contributed by atoms with Crippen molar-refractivity contribution in [3.63, 3.8) is 0 Å². The number of ether oxygens (including phenoxy) is 1. The summed E-state index contributed by atoms with van der Waals surface area (Å²) in [5, 5.41) is 0.624. The molecule has 1 saturated heterocycles. The van der Waals surface area contributed by atoms with E-state index in [1.165, 1.54) is 10.6 Å². The second-order valence-corrected chi connectivity index (χ2v) is 6.04. The number of hydrogen-bond donors (Lipinski definition) is 0. The number of likely N-dealkylation sites (tertiary alicyclic amines) is 1. The topological polar surface area (TPSA) is 51.5 Å². The first kappa shape index (κ1) is 15.6. The van der Waals surface area contributed by atoms with Gasteiger partial charge in [-0.3, -0.25) is 9.59 Å². The smallest absolute Gasteiger partial charge is 0.255 e. The molecular weight excluding hydrogens is 316 g/mol. The molecule has 1 aliphatic rings. The van der Waals surface area contributed by atoms with Crippen LogP contribution >= 0.6 is 11.6 Å². The van der Waals surface area contributed by atoms with Crippen LogP contribution in [0.2, 0.25) is 5.02 Å². The predicted octanol–water partition coefficient (Wildman–Crippen LogP) is 2.33. The highest BCUT2D eigenvalue weighted by atomic mass is 35.5. The minimum atomic E-state index is -0.134. The summed E-state index contributed by atoms with van der Waals surface area (Å²) in [6, 6.07) is 10.2. The van der Waals surface area contributed by atoms with Crippen LogP contribution in [0.5, 0.6) is 5.75 Å². The van der Waals surface area contributed by atoms with Gasteiger partial charge in [0, 0.05) is 37.3 Å². The number of carbonyl (C=O) groups is 1. The summed E-state index contributed by atoms with van der Waals surface area (Å²) < 4.78 is 7.29. The van der Waals surface area contributed by atoms with Crippen LogP contribution in [-0.2, 0) is 7.05 Å². The summed E-state index contributed by atoms with van der Waals surface area (Å²) in [5.74, 6) is 0.622. The molecule has 1 aliphatic heterocycles. The van der Waals surface area contributed by atoms with E-state index in [9.17, 15) is 9.59 Å². The quantitative estimate of drug-likeness (QED) is 0.867. The van der Waals surface area contributed by atoms with Crippen molar-refractivity contribution in [1.29, 1.82) is 0 Å². The van der Waals surface area contributed by atoms with Gasteiger partial charge in [0.25, 0.3) is 5.91 Å². The zero-order valence-corrected chi connectivity index (χ0v) is 13.5. The van der Waals surface area contributed by atoms with Crippen molar-refractivity contribution in [2.24, 2.45) is 7.05 Å². The SMILES string of the molecule is Cn1cc(C(=O)N2CC[C@@H](Oc3cccc(Cl)c3)C2)ccc1=O. The maximum Gasteiger partial charge on any atom is 0.255 e. The lowest BCUT2D eigenvalue weighted by molar-refractivity contribution is 0.0771. The Morgan fingerprint density at radius 3 is 2.87 bits per heavy atom. The Kier molecular flexibility index (Phi) is 4.39. The molecule has 0 N–H and O–H groups in total. The number of amides is 1. The lowest BCUT2D eigenvalue weighted by Crippen LogP contribution is -2.31. The van der Waals surface area contributed by atoms with Crippen LogP contribution in [0, 0.1) is 0 Å². The number of benzene rings is 1. The first-order valence-corrected chi connectivity index (χ1v) is 7.79. The third-order valence-electron chi connectivity index (χ3n) is 3.86. The Morgan fingerprint density at radius 2 is 2.13 bits per heavy atom. The van der Waals surface area contributed by atoms with Gasteiger partial charge in [0.05, 0.1) is 12.1 Å². The molecule has 1 atom stereocenters. The van der Waals surface area contributed by atoms with Gasteiger partial charge in [0.2, 0.25) is 5.56 Å². The van der Waals surface area contributed by atoms with Crippen molar-refractivity contribution < 1.29 is 9.53 Å². The highest BCUT2D eigenvalue weighted by Gasteiger charge is 2.28. The standard InChI is InChI=1S/C17H17ClN2O3/c1-19-10-12(5-6-16(19)21)17(22)20-8-7-15(11-20)23-14-4-2-3-13(18)9-14/h2-6,9-10,15H,7-8,11H2,1H3/t15-/m1/s1. The zero-order valence-electron chi connectivity index (χ0n) is 12.7. The van der Waals surface area contributed by atoms with Crippen LogP contribution < -0.4 is 10.3 Å². The van der Waals surface area contributed by atoms with Gasteiger partial charge in [-0.25, -0.2) is 0 Å². The first-order chi connectivity index (χ1) is 11.0. The lowest BCUT2D eigenvalue weighted by Gasteiger charge is -2.17. The maximum absolute atomic E-state index is 12.5. The number of nitrogens with zero attached hydrogens (tertiary/aromatic N) is 2. The van der Waals surface area contributed by atoms with Crippen LogP contribution in [0.4, 0.5) is 0 Å². The molecule has 23 heavy (non-hydrogen) atoms. The molecule has 2 heterocycles. The van der Waals surface area contributed by atoms with E-state index < -0.39 is 0 Å². The Morgan fingerprint density at radius 1 is 1.30 bits per heavy atom. The lowest BCUT2D eigenvalue weighted by atomic mass is 10.2. The summed E-state index contributed by atoms with van der Waals surface area (Å²) in [4.78, 5) is 25.6. The maximum atomic E-state index is 12.5. The Hall–Kier alpha value is -2.27. The summed E-state index contributed by atoms with van der Waals surface area (Å²) >= 11 is 5.94. The van der Waals surface area contributed by atoms with Gasteiger partial charge in [-0.1, -0.05) is 17.7 Å². The molecule has 1 aromatic carbocycles.